The Bertz CT molecular complexity index is 667. The van der Waals surface area contributed by atoms with E-state index in [1.165, 1.54) is 30.5 Å². The molecule has 0 saturated heterocycles. The van der Waals surface area contributed by atoms with Gasteiger partial charge in [-0.05, 0) is 63.3 Å². The third kappa shape index (κ3) is 2.57. The maximum atomic E-state index is 12.7. The Balaban J connectivity index is 1.87. The second-order valence-corrected chi connectivity index (χ2v) is 6.28. The van der Waals surface area contributed by atoms with E-state index in [2.05, 4.69) is 25.8 Å². The Hall–Kier alpha value is -1.77. The Labute approximate surface area is 126 Å². The van der Waals surface area contributed by atoms with Crippen LogP contribution in [0.5, 0.6) is 0 Å². The van der Waals surface area contributed by atoms with Crippen LogP contribution in [0.1, 0.15) is 47.8 Å². The number of aryl methyl sites for hydroxylation is 2. The summed E-state index contributed by atoms with van der Waals surface area (Å²) in [6, 6.07) is 6.02. The fourth-order valence-electron chi connectivity index (χ4n) is 3.12. The summed E-state index contributed by atoms with van der Waals surface area (Å²) in [5.74, 6) is 0.887. The lowest BCUT2D eigenvalue weighted by molar-refractivity contribution is 0.0706. The molecule has 0 radical (unpaired) electrons. The number of nitrogens with one attached hydrogen (secondary N) is 1. The molecule has 1 heterocycles. The van der Waals surface area contributed by atoms with Crippen LogP contribution in [-0.4, -0.2) is 28.9 Å². The molecule has 1 fully saturated rings. The van der Waals surface area contributed by atoms with Gasteiger partial charge in [0.05, 0.1) is 0 Å². The first-order chi connectivity index (χ1) is 10.1. The molecular formula is C18H24N2O. The van der Waals surface area contributed by atoms with E-state index in [-0.39, 0.29) is 5.91 Å². The van der Waals surface area contributed by atoms with Gasteiger partial charge in [-0.25, -0.2) is 0 Å². The molecule has 1 saturated carbocycles. The summed E-state index contributed by atoms with van der Waals surface area (Å²) in [4.78, 5) is 18.1. The molecule has 1 aliphatic carbocycles. The molecule has 112 valence electrons. The number of hydrogen-bond donors (Lipinski definition) is 1. The summed E-state index contributed by atoms with van der Waals surface area (Å²) < 4.78 is 0. The van der Waals surface area contributed by atoms with Crippen molar-refractivity contribution in [1.29, 1.82) is 0 Å². The SMILES string of the molecule is CCN(CC1CCC1)C(=O)c1ccc2[nH]c(C)c(C)c2c1. The van der Waals surface area contributed by atoms with Crippen molar-refractivity contribution in [2.75, 3.05) is 13.1 Å². The number of aromatic nitrogens is 1. The zero-order valence-corrected chi connectivity index (χ0v) is 13.2. The fraction of sp³-hybridized carbons (Fsp3) is 0.500. The molecule has 3 heteroatoms. The van der Waals surface area contributed by atoms with E-state index in [0.29, 0.717) is 5.92 Å². The topological polar surface area (TPSA) is 36.1 Å². The van der Waals surface area contributed by atoms with Gasteiger partial charge in [0.25, 0.3) is 5.91 Å². The predicted octanol–water partition coefficient (Wildman–Crippen LogP) is 4.05. The smallest absolute Gasteiger partial charge is 0.253 e. The average Bonchev–Trinajstić information content (AvgIpc) is 2.72. The molecule has 2 aromatic rings. The number of amides is 1. The number of nitrogens with zero attached hydrogens (tertiary/aromatic N) is 1. The first-order valence-corrected chi connectivity index (χ1v) is 7.98. The van der Waals surface area contributed by atoms with Crippen LogP contribution in [0.15, 0.2) is 18.2 Å². The number of carbonyl (C=O) groups is 1. The van der Waals surface area contributed by atoms with Gasteiger partial charge in [-0.3, -0.25) is 4.79 Å². The van der Waals surface area contributed by atoms with E-state index in [1.54, 1.807) is 0 Å². The highest BCUT2D eigenvalue weighted by Gasteiger charge is 2.23. The first kappa shape index (κ1) is 14.2. The first-order valence-electron chi connectivity index (χ1n) is 7.98. The summed E-state index contributed by atoms with van der Waals surface area (Å²) in [7, 11) is 0. The predicted molar refractivity (Wildman–Crippen MR) is 86.7 cm³/mol. The molecule has 1 aromatic carbocycles. The quantitative estimate of drug-likeness (QED) is 0.903. The van der Waals surface area contributed by atoms with E-state index in [1.807, 2.05) is 23.1 Å². The normalized spacial score (nSPS) is 15.2. The molecule has 0 aliphatic heterocycles. The highest BCUT2D eigenvalue weighted by Crippen LogP contribution is 2.28. The standard InChI is InChI=1S/C18H24N2O/c1-4-20(11-14-6-5-7-14)18(21)15-8-9-17-16(10-15)12(2)13(3)19-17/h8-10,14,19H,4-7,11H2,1-3H3. The Morgan fingerprint density at radius 3 is 2.71 bits per heavy atom. The van der Waals surface area contributed by atoms with E-state index in [4.69, 9.17) is 0 Å². The molecular weight excluding hydrogens is 260 g/mol. The molecule has 0 bridgehead atoms. The van der Waals surface area contributed by atoms with Crippen molar-refractivity contribution >= 4 is 16.8 Å². The largest absolute Gasteiger partial charge is 0.358 e. The number of fused-ring (bicyclic) bond motifs is 1. The van der Waals surface area contributed by atoms with Gasteiger partial charge in [-0.1, -0.05) is 6.42 Å². The monoisotopic (exact) mass is 284 g/mol. The fourth-order valence-corrected chi connectivity index (χ4v) is 3.12. The zero-order chi connectivity index (χ0) is 15.0. The molecule has 1 aliphatic rings. The lowest BCUT2D eigenvalue weighted by Crippen LogP contribution is -2.37. The van der Waals surface area contributed by atoms with Crippen LogP contribution in [0, 0.1) is 19.8 Å². The van der Waals surface area contributed by atoms with Crippen molar-refractivity contribution in [3.63, 3.8) is 0 Å². The molecule has 1 amide bonds. The lowest BCUT2D eigenvalue weighted by Gasteiger charge is -2.31. The second-order valence-electron chi connectivity index (χ2n) is 6.28. The van der Waals surface area contributed by atoms with E-state index >= 15 is 0 Å². The van der Waals surface area contributed by atoms with Crippen LogP contribution in [0.3, 0.4) is 0 Å². The van der Waals surface area contributed by atoms with Crippen LogP contribution in [0.2, 0.25) is 0 Å². The minimum Gasteiger partial charge on any atom is -0.358 e. The van der Waals surface area contributed by atoms with Gasteiger partial charge in [0, 0.05) is 35.2 Å². The third-order valence-electron chi connectivity index (χ3n) is 4.93. The molecule has 0 spiro atoms. The summed E-state index contributed by atoms with van der Waals surface area (Å²) in [5.41, 5.74) is 4.34. The minimum absolute atomic E-state index is 0.171. The maximum Gasteiger partial charge on any atom is 0.253 e. The molecule has 1 N–H and O–H groups in total. The van der Waals surface area contributed by atoms with Gasteiger partial charge >= 0.3 is 0 Å². The van der Waals surface area contributed by atoms with Crippen LogP contribution >= 0.6 is 0 Å². The van der Waals surface area contributed by atoms with Gasteiger partial charge < -0.3 is 9.88 Å². The summed E-state index contributed by atoms with van der Waals surface area (Å²) in [5, 5.41) is 1.16. The summed E-state index contributed by atoms with van der Waals surface area (Å²) in [6.45, 7) is 7.96. The van der Waals surface area contributed by atoms with Crippen molar-refractivity contribution in [2.24, 2.45) is 5.92 Å². The Kier molecular flexibility index (Phi) is 3.75. The highest BCUT2D eigenvalue weighted by molar-refractivity contribution is 5.99. The summed E-state index contributed by atoms with van der Waals surface area (Å²) in [6.07, 6.45) is 3.88. The van der Waals surface area contributed by atoms with Crippen LogP contribution < -0.4 is 0 Å². The Morgan fingerprint density at radius 2 is 2.10 bits per heavy atom. The minimum atomic E-state index is 0.171. The van der Waals surface area contributed by atoms with Crippen LogP contribution in [0.25, 0.3) is 10.9 Å². The number of H-pyrrole nitrogens is 1. The zero-order valence-electron chi connectivity index (χ0n) is 13.2. The van der Waals surface area contributed by atoms with E-state index in [9.17, 15) is 4.79 Å². The van der Waals surface area contributed by atoms with Gasteiger partial charge in [0.15, 0.2) is 0 Å². The number of rotatable bonds is 4. The maximum absolute atomic E-state index is 12.7. The van der Waals surface area contributed by atoms with Crippen LogP contribution in [-0.2, 0) is 0 Å². The molecule has 1 aromatic heterocycles. The average molecular weight is 284 g/mol. The molecule has 21 heavy (non-hydrogen) atoms. The molecule has 0 unspecified atom stereocenters. The molecule has 3 nitrogen and oxygen atoms in total. The van der Waals surface area contributed by atoms with Crippen LogP contribution in [0.4, 0.5) is 0 Å². The number of carbonyl (C=O) groups excluding carboxylic acids is 1. The second kappa shape index (κ2) is 5.55. The lowest BCUT2D eigenvalue weighted by atomic mass is 9.85. The van der Waals surface area contributed by atoms with Crippen molar-refractivity contribution in [3.05, 3.63) is 35.0 Å². The van der Waals surface area contributed by atoms with E-state index < -0.39 is 0 Å². The van der Waals surface area contributed by atoms with Gasteiger partial charge in [-0.2, -0.15) is 0 Å². The van der Waals surface area contributed by atoms with Gasteiger partial charge in [-0.15, -0.1) is 0 Å². The molecule has 0 atom stereocenters. The van der Waals surface area contributed by atoms with Gasteiger partial charge in [0.1, 0.15) is 0 Å². The number of aromatic amines is 1. The Morgan fingerprint density at radius 1 is 1.33 bits per heavy atom. The third-order valence-corrected chi connectivity index (χ3v) is 4.93. The van der Waals surface area contributed by atoms with Crippen molar-refractivity contribution in [2.45, 2.75) is 40.0 Å². The molecule has 3 rings (SSSR count). The van der Waals surface area contributed by atoms with Crippen molar-refractivity contribution in [1.82, 2.24) is 9.88 Å². The summed E-state index contributed by atoms with van der Waals surface area (Å²) >= 11 is 0. The van der Waals surface area contributed by atoms with Crippen molar-refractivity contribution < 1.29 is 4.79 Å². The van der Waals surface area contributed by atoms with Crippen molar-refractivity contribution in [3.8, 4) is 0 Å². The number of hydrogen-bond acceptors (Lipinski definition) is 1. The highest BCUT2D eigenvalue weighted by atomic mass is 16.2. The van der Waals surface area contributed by atoms with E-state index in [0.717, 1.165) is 29.6 Å². The van der Waals surface area contributed by atoms with Gasteiger partial charge in [0.2, 0.25) is 0 Å². The number of benzene rings is 1.